The van der Waals surface area contributed by atoms with Crippen LogP contribution < -0.4 is 0 Å². The molecule has 100 valence electrons. The van der Waals surface area contributed by atoms with Crippen LogP contribution in [0.5, 0.6) is 0 Å². The molecule has 0 aromatic heterocycles. The van der Waals surface area contributed by atoms with Gasteiger partial charge >= 0.3 is 0 Å². The lowest BCUT2D eigenvalue weighted by Crippen LogP contribution is -2.33. The molecular weight excluding hydrogens is 248 g/mol. The summed E-state index contributed by atoms with van der Waals surface area (Å²) in [6.07, 6.45) is 4.48. The summed E-state index contributed by atoms with van der Waals surface area (Å²) in [6, 6.07) is 7.82. The molecular formula is C15H21ClO2. The predicted octanol–water partition coefficient (Wildman–Crippen LogP) is 4.21. The lowest BCUT2D eigenvalue weighted by Gasteiger charge is -2.27. The summed E-state index contributed by atoms with van der Waals surface area (Å²) in [4.78, 5) is 0. The van der Waals surface area contributed by atoms with Crippen LogP contribution in [0.4, 0.5) is 0 Å². The van der Waals surface area contributed by atoms with Gasteiger partial charge in [0, 0.05) is 11.6 Å². The smallest absolute Gasteiger partial charge is 0.0915 e. The van der Waals surface area contributed by atoms with Crippen LogP contribution in [-0.2, 0) is 16.1 Å². The van der Waals surface area contributed by atoms with Crippen molar-refractivity contribution in [3.8, 4) is 0 Å². The van der Waals surface area contributed by atoms with Crippen molar-refractivity contribution in [2.45, 2.75) is 44.8 Å². The van der Waals surface area contributed by atoms with Gasteiger partial charge in [-0.25, -0.2) is 0 Å². The first-order chi connectivity index (χ1) is 8.76. The zero-order chi connectivity index (χ0) is 12.8. The van der Waals surface area contributed by atoms with Crippen LogP contribution in [0.15, 0.2) is 24.3 Å². The highest BCUT2D eigenvalue weighted by Crippen LogP contribution is 2.31. The van der Waals surface area contributed by atoms with Gasteiger partial charge in [-0.2, -0.15) is 0 Å². The first-order valence-electron chi connectivity index (χ1n) is 6.71. The number of rotatable bonds is 6. The second-order valence-corrected chi connectivity index (χ2v) is 5.38. The molecule has 2 rings (SSSR count). The molecule has 18 heavy (non-hydrogen) atoms. The zero-order valence-electron chi connectivity index (χ0n) is 11.0. The van der Waals surface area contributed by atoms with Crippen molar-refractivity contribution in [3.63, 3.8) is 0 Å². The predicted molar refractivity (Wildman–Crippen MR) is 73.9 cm³/mol. The van der Waals surface area contributed by atoms with Crippen molar-refractivity contribution < 1.29 is 9.47 Å². The molecule has 1 unspecified atom stereocenters. The van der Waals surface area contributed by atoms with E-state index in [2.05, 4.69) is 6.92 Å². The molecule has 1 fully saturated rings. The van der Waals surface area contributed by atoms with E-state index < -0.39 is 0 Å². The van der Waals surface area contributed by atoms with Crippen LogP contribution in [0.1, 0.15) is 38.2 Å². The number of hydrogen-bond donors (Lipinski definition) is 0. The molecule has 1 aromatic carbocycles. The van der Waals surface area contributed by atoms with Gasteiger partial charge in [-0.3, -0.25) is 0 Å². The minimum absolute atomic E-state index is 0.0456. The molecule has 0 amide bonds. The zero-order valence-corrected chi connectivity index (χ0v) is 11.7. The maximum atomic E-state index is 6.10. The standard InChI is InChI=1S/C15H21ClO2/c1-2-8-15(9-5-10-18-15)12-17-11-13-6-3-4-7-14(13)16/h3-4,6-7H,2,5,8-12H2,1H3. The summed E-state index contributed by atoms with van der Waals surface area (Å²) >= 11 is 6.10. The Bertz CT molecular complexity index is 373. The largest absolute Gasteiger partial charge is 0.374 e. The molecule has 1 aliphatic heterocycles. The minimum atomic E-state index is -0.0456. The molecule has 0 bridgehead atoms. The lowest BCUT2D eigenvalue weighted by molar-refractivity contribution is -0.0728. The summed E-state index contributed by atoms with van der Waals surface area (Å²) in [5, 5.41) is 0.773. The van der Waals surface area contributed by atoms with Crippen LogP contribution in [0.25, 0.3) is 0 Å². The SMILES string of the molecule is CCCC1(COCc2ccccc2Cl)CCCO1. The number of hydrogen-bond acceptors (Lipinski definition) is 2. The first kappa shape index (κ1) is 13.9. The average Bonchev–Trinajstić information content (AvgIpc) is 2.81. The Labute approximate surface area is 114 Å². The lowest BCUT2D eigenvalue weighted by atomic mass is 9.95. The Morgan fingerprint density at radius 3 is 2.89 bits per heavy atom. The topological polar surface area (TPSA) is 18.5 Å². The van der Waals surface area contributed by atoms with Gasteiger partial charge in [-0.1, -0.05) is 43.1 Å². The quantitative estimate of drug-likeness (QED) is 0.770. The van der Waals surface area contributed by atoms with Gasteiger partial charge in [0.2, 0.25) is 0 Å². The van der Waals surface area contributed by atoms with Crippen LogP contribution in [0.2, 0.25) is 5.02 Å². The summed E-state index contributed by atoms with van der Waals surface area (Å²) in [5.74, 6) is 0. The fourth-order valence-electron chi connectivity index (χ4n) is 2.56. The summed E-state index contributed by atoms with van der Waals surface area (Å²) in [6.45, 7) is 4.30. The van der Waals surface area contributed by atoms with E-state index in [1.54, 1.807) is 0 Å². The number of halogens is 1. The van der Waals surface area contributed by atoms with Gasteiger partial charge < -0.3 is 9.47 Å². The third kappa shape index (κ3) is 3.47. The molecule has 0 aliphatic carbocycles. The fourth-order valence-corrected chi connectivity index (χ4v) is 2.75. The monoisotopic (exact) mass is 268 g/mol. The van der Waals surface area contributed by atoms with Crippen molar-refractivity contribution in [1.82, 2.24) is 0 Å². The summed E-state index contributed by atoms with van der Waals surface area (Å²) in [7, 11) is 0. The fraction of sp³-hybridized carbons (Fsp3) is 0.600. The van der Waals surface area contributed by atoms with Crippen molar-refractivity contribution >= 4 is 11.6 Å². The van der Waals surface area contributed by atoms with Crippen molar-refractivity contribution in [3.05, 3.63) is 34.9 Å². The summed E-state index contributed by atoms with van der Waals surface area (Å²) < 4.78 is 11.7. The van der Waals surface area contributed by atoms with Crippen molar-refractivity contribution in [1.29, 1.82) is 0 Å². The second kappa shape index (κ2) is 6.55. The second-order valence-electron chi connectivity index (χ2n) is 4.97. The molecule has 2 nitrogen and oxygen atoms in total. The maximum Gasteiger partial charge on any atom is 0.0915 e. The third-order valence-electron chi connectivity index (χ3n) is 3.47. The summed E-state index contributed by atoms with van der Waals surface area (Å²) in [5.41, 5.74) is 1.000. The van der Waals surface area contributed by atoms with Crippen LogP contribution in [0.3, 0.4) is 0 Å². The van der Waals surface area contributed by atoms with Crippen LogP contribution in [0, 0.1) is 0 Å². The van der Waals surface area contributed by atoms with Gasteiger partial charge in [0.05, 0.1) is 18.8 Å². The van der Waals surface area contributed by atoms with Gasteiger partial charge in [-0.15, -0.1) is 0 Å². The third-order valence-corrected chi connectivity index (χ3v) is 3.84. The van der Waals surface area contributed by atoms with E-state index in [-0.39, 0.29) is 5.60 Å². The van der Waals surface area contributed by atoms with E-state index >= 15 is 0 Å². The van der Waals surface area contributed by atoms with Crippen LogP contribution >= 0.6 is 11.6 Å². The highest BCUT2D eigenvalue weighted by atomic mass is 35.5. The van der Waals surface area contributed by atoms with E-state index in [9.17, 15) is 0 Å². The highest BCUT2D eigenvalue weighted by Gasteiger charge is 2.34. The molecule has 0 spiro atoms. The van der Waals surface area contributed by atoms with Gasteiger partial charge in [-0.05, 0) is 30.9 Å². The van der Waals surface area contributed by atoms with Gasteiger partial charge in [0.15, 0.2) is 0 Å². The molecule has 0 N–H and O–H groups in total. The number of ether oxygens (including phenoxy) is 2. The molecule has 1 saturated heterocycles. The number of benzene rings is 1. The van der Waals surface area contributed by atoms with Gasteiger partial charge in [0.1, 0.15) is 0 Å². The highest BCUT2D eigenvalue weighted by molar-refractivity contribution is 6.31. The molecule has 0 radical (unpaired) electrons. The molecule has 0 saturated carbocycles. The Hall–Kier alpha value is -0.570. The molecule has 3 heteroatoms. The minimum Gasteiger partial charge on any atom is -0.374 e. The van der Waals surface area contributed by atoms with Crippen molar-refractivity contribution in [2.75, 3.05) is 13.2 Å². The Balaban J connectivity index is 1.85. The average molecular weight is 269 g/mol. The van der Waals surface area contributed by atoms with E-state index in [1.807, 2.05) is 24.3 Å². The molecule has 1 atom stereocenters. The molecule has 1 aliphatic rings. The van der Waals surface area contributed by atoms with Crippen molar-refractivity contribution in [2.24, 2.45) is 0 Å². The van der Waals surface area contributed by atoms with Crippen LogP contribution in [-0.4, -0.2) is 18.8 Å². The van der Waals surface area contributed by atoms with E-state index in [4.69, 9.17) is 21.1 Å². The Morgan fingerprint density at radius 1 is 1.39 bits per heavy atom. The van der Waals surface area contributed by atoms with E-state index in [0.29, 0.717) is 13.2 Å². The van der Waals surface area contributed by atoms with E-state index in [1.165, 1.54) is 0 Å². The Kier molecular flexibility index (Phi) is 5.04. The van der Waals surface area contributed by atoms with E-state index in [0.717, 1.165) is 42.9 Å². The first-order valence-corrected chi connectivity index (χ1v) is 7.09. The molecule has 1 aromatic rings. The Morgan fingerprint density at radius 2 is 2.22 bits per heavy atom. The maximum absolute atomic E-state index is 6.10. The normalized spacial score (nSPS) is 23.4. The molecule has 1 heterocycles. The van der Waals surface area contributed by atoms with Gasteiger partial charge in [0.25, 0.3) is 0 Å².